The van der Waals surface area contributed by atoms with Crippen LogP contribution < -0.4 is 5.32 Å². The SMILES string of the molecule is Cc1n[nH]c(C)c1S(=O)(=O)N1CCCC(C(=O)N(C)C2CCNCC2)C1.Cl. The number of aromatic nitrogens is 2. The summed E-state index contributed by atoms with van der Waals surface area (Å²) in [7, 11) is -1.78. The molecule has 2 saturated heterocycles. The molecule has 0 bridgehead atoms. The van der Waals surface area contributed by atoms with Crippen LogP contribution in [-0.4, -0.2) is 73.0 Å². The van der Waals surface area contributed by atoms with Crippen LogP contribution in [0.4, 0.5) is 0 Å². The average Bonchev–Trinajstić information content (AvgIpc) is 3.00. The van der Waals surface area contributed by atoms with E-state index in [4.69, 9.17) is 0 Å². The van der Waals surface area contributed by atoms with Crippen molar-refractivity contribution < 1.29 is 13.2 Å². The van der Waals surface area contributed by atoms with Crippen LogP contribution in [0.5, 0.6) is 0 Å². The lowest BCUT2D eigenvalue weighted by molar-refractivity contribution is -0.138. The van der Waals surface area contributed by atoms with Crippen LogP contribution in [0.1, 0.15) is 37.1 Å². The van der Waals surface area contributed by atoms with E-state index in [2.05, 4.69) is 15.5 Å². The van der Waals surface area contributed by atoms with E-state index in [1.165, 1.54) is 4.31 Å². The molecule has 1 unspecified atom stereocenters. The number of aromatic amines is 1. The fourth-order valence-corrected chi connectivity index (χ4v) is 5.93. The molecule has 1 amide bonds. The van der Waals surface area contributed by atoms with Crippen LogP contribution in [0.15, 0.2) is 4.90 Å². The first-order valence-electron chi connectivity index (χ1n) is 9.31. The fourth-order valence-electron chi connectivity index (χ4n) is 4.07. The highest BCUT2D eigenvalue weighted by molar-refractivity contribution is 7.89. The lowest BCUT2D eigenvalue weighted by atomic mass is 9.96. The Morgan fingerprint density at radius 2 is 1.89 bits per heavy atom. The number of rotatable bonds is 4. The molecule has 0 aromatic carbocycles. The molecule has 0 aliphatic carbocycles. The van der Waals surface area contributed by atoms with Crippen LogP contribution in [0.25, 0.3) is 0 Å². The van der Waals surface area contributed by atoms with E-state index in [1.54, 1.807) is 13.8 Å². The molecule has 8 nitrogen and oxygen atoms in total. The number of hydrogen-bond acceptors (Lipinski definition) is 5. The molecule has 3 rings (SSSR count). The first-order chi connectivity index (χ1) is 12.3. The van der Waals surface area contributed by atoms with Gasteiger partial charge in [-0.25, -0.2) is 8.42 Å². The van der Waals surface area contributed by atoms with Crippen LogP contribution >= 0.6 is 12.4 Å². The van der Waals surface area contributed by atoms with E-state index in [0.717, 1.165) is 32.4 Å². The maximum atomic E-state index is 13.1. The molecular weight excluding hydrogens is 390 g/mol. The quantitative estimate of drug-likeness (QED) is 0.760. The number of carbonyl (C=O) groups excluding carboxylic acids is 1. The van der Waals surface area contributed by atoms with E-state index in [1.807, 2.05) is 11.9 Å². The topological polar surface area (TPSA) is 98.4 Å². The van der Waals surface area contributed by atoms with Gasteiger partial charge in [-0.3, -0.25) is 9.89 Å². The van der Waals surface area contributed by atoms with Gasteiger partial charge in [0.2, 0.25) is 15.9 Å². The zero-order valence-corrected chi connectivity index (χ0v) is 17.8. The lowest BCUT2D eigenvalue weighted by Crippen LogP contribution is -2.50. The van der Waals surface area contributed by atoms with Gasteiger partial charge in [-0.1, -0.05) is 0 Å². The Kier molecular flexibility index (Phi) is 7.29. The molecule has 0 spiro atoms. The molecule has 2 aliphatic heterocycles. The highest BCUT2D eigenvalue weighted by Gasteiger charge is 2.37. The van der Waals surface area contributed by atoms with Crippen LogP contribution in [-0.2, 0) is 14.8 Å². The second kappa shape index (κ2) is 8.89. The van der Waals surface area contributed by atoms with Crippen molar-refractivity contribution in [1.82, 2.24) is 24.7 Å². The van der Waals surface area contributed by atoms with Crippen LogP contribution in [0.2, 0.25) is 0 Å². The molecule has 10 heteroatoms. The Bertz CT molecular complexity index is 741. The number of hydrogen-bond donors (Lipinski definition) is 2. The summed E-state index contributed by atoms with van der Waals surface area (Å²) >= 11 is 0. The number of halogens is 1. The largest absolute Gasteiger partial charge is 0.342 e. The minimum Gasteiger partial charge on any atom is -0.342 e. The van der Waals surface area contributed by atoms with Crippen LogP contribution in [0, 0.1) is 19.8 Å². The van der Waals surface area contributed by atoms with Gasteiger partial charge in [0.1, 0.15) is 4.90 Å². The molecule has 2 N–H and O–H groups in total. The molecule has 0 radical (unpaired) electrons. The molecule has 154 valence electrons. The van der Waals surface area contributed by atoms with Gasteiger partial charge in [-0.2, -0.15) is 9.40 Å². The summed E-state index contributed by atoms with van der Waals surface area (Å²) in [5, 5.41) is 10.1. The van der Waals surface area contributed by atoms with Gasteiger partial charge < -0.3 is 10.2 Å². The number of piperidine rings is 2. The van der Waals surface area contributed by atoms with Gasteiger partial charge in [0.25, 0.3) is 0 Å². The second-order valence-electron chi connectivity index (χ2n) is 7.40. The second-order valence-corrected chi connectivity index (χ2v) is 9.27. The van der Waals surface area contributed by atoms with E-state index in [-0.39, 0.29) is 41.7 Å². The van der Waals surface area contributed by atoms with Crippen molar-refractivity contribution in [3.63, 3.8) is 0 Å². The van der Waals surface area contributed by atoms with Crippen molar-refractivity contribution in [2.75, 3.05) is 33.2 Å². The number of nitrogens with one attached hydrogen (secondary N) is 2. The van der Waals surface area contributed by atoms with Crippen molar-refractivity contribution in [3.05, 3.63) is 11.4 Å². The highest BCUT2D eigenvalue weighted by Crippen LogP contribution is 2.28. The van der Waals surface area contributed by atoms with Crippen LogP contribution in [0.3, 0.4) is 0 Å². The summed E-state index contributed by atoms with van der Waals surface area (Å²) in [6.45, 7) is 5.95. The number of H-pyrrole nitrogens is 1. The van der Waals surface area contributed by atoms with Crippen molar-refractivity contribution in [1.29, 1.82) is 0 Å². The minimum absolute atomic E-state index is 0. The molecule has 3 heterocycles. The van der Waals surface area contributed by atoms with Gasteiger partial charge >= 0.3 is 0 Å². The van der Waals surface area contributed by atoms with Crippen molar-refractivity contribution >= 4 is 28.3 Å². The van der Waals surface area contributed by atoms with E-state index in [0.29, 0.717) is 24.4 Å². The smallest absolute Gasteiger partial charge is 0.246 e. The summed E-state index contributed by atoms with van der Waals surface area (Å²) in [5.74, 6) is -0.205. The predicted octanol–water partition coefficient (Wildman–Crippen LogP) is 1.06. The predicted molar refractivity (Wildman–Crippen MR) is 105 cm³/mol. The summed E-state index contributed by atoms with van der Waals surface area (Å²) in [6.07, 6.45) is 3.34. The van der Waals surface area contributed by atoms with Gasteiger partial charge in [0, 0.05) is 26.2 Å². The Morgan fingerprint density at radius 1 is 1.22 bits per heavy atom. The van der Waals surface area contributed by atoms with E-state index < -0.39 is 10.0 Å². The fraction of sp³-hybridized carbons (Fsp3) is 0.765. The average molecular weight is 420 g/mol. The molecule has 2 aliphatic rings. The van der Waals surface area contributed by atoms with Crippen molar-refractivity contribution in [2.24, 2.45) is 5.92 Å². The number of sulfonamides is 1. The third-order valence-corrected chi connectivity index (χ3v) is 7.72. The summed E-state index contributed by atoms with van der Waals surface area (Å²) in [5.41, 5.74) is 1.02. The molecule has 0 saturated carbocycles. The lowest BCUT2D eigenvalue weighted by Gasteiger charge is -2.37. The number of aryl methyl sites for hydroxylation is 2. The third kappa shape index (κ3) is 4.47. The molecule has 1 aromatic heterocycles. The van der Waals surface area contributed by atoms with Gasteiger partial charge in [-0.05, 0) is 52.6 Å². The number of carbonyl (C=O) groups is 1. The van der Waals surface area contributed by atoms with Crippen molar-refractivity contribution in [3.8, 4) is 0 Å². The molecule has 1 atom stereocenters. The van der Waals surface area contributed by atoms with E-state index >= 15 is 0 Å². The standard InChI is InChI=1S/C17H29N5O3S.ClH/c1-12-16(13(2)20-19-12)26(24,25)22-10-4-5-14(11-22)17(23)21(3)15-6-8-18-9-7-15;/h14-15,18H,4-11H2,1-3H3,(H,19,20);1H. The summed E-state index contributed by atoms with van der Waals surface area (Å²) in [4.78, 5) is 15.0. The first-order valence-corrected chi connectivity index (χ1v) is 10.8. The normalized spacial score (nSPS) is 22.3. The molecular formula is C17H30ClN5O3S. The molecule has 1 aromatic rings. The number of nitrogens with zero attached hydrogens (tertiary/aromatic N) is 3. The summed E-state index contributed by atoms with van der Waals surface area (Å²) in [6, 6.07) is 0.245. The number of amides is 1. The molecule has 27 heavy (non-hydrogen) atoms. The molecule has 2 fully saturated rings. The zero-order chi connectivity index (χ0) is 18.9. The van der Waals surface area contributed by atoms with E-state index in [9.17, 15) is 13.2 Å². The Morgan fingerprint density at radius 3 is 2.48 bits per heavy atom. The first kappa shape index (κ1) is 22.1. The maximum absolute atomic E-state index is 13.1. The summed E-state index contributed by atoms with van der Waals surface area (Å²) < 4.78 is 27.6. The monoisotopic (exact) mass is 419 g/mol. The van der Waals surface area contributed by atoms with Gasteiger partial charge in [0.05, 0.1) is 17.3 Å². The highest BCUT2D eigenvalue weighted by atomic mass is 35.5. The third-order valence-electron chi connectivity index (χ3n) is 5.60. The Balaban J connectivity index is 0.00000261. The maximum Gasteiger partial charge on any atom is 0.246 e. The van der Waals surface area contributed by atoms with Crippen molar-refractivity contribution in [2.45, 2.75) is 50.5 Å². The zero-order valence-electron chi connectivity index (χ0n) is 16.2. The Labute approximate surface area is 167 Å². The van der Waals surface area contributed by atoms with Gasteiger partial charge in [0.15, 0.2) is 0 Å². The minimum atomic E-state index is -3.64. The van der Waals surface area contributed by atoms with Gasteiger partial charge in [-0.15, -0.1) is 12.4 Å². The Hall–Kier alpha value is -1.16.